The number of thioether (sulfide) groups is 1. The fourth-order valence-electron chi connectivity index (χ4n) is 2.81. The van der Waals surface area contributed by atoms with Gasteiger partial charge in [0.15, 0.2) is 16.8 Å². The van der Waals surface area contributed by atoms with Crippen molar-refractivity contribution in [1.29, 1.82) is 0 Å². The van der Waals surface area contributed by atoms with E-state index in [9.17, 15) is 17.2 Å². The molecular formula is C18H23F2N5O4S2. The third-order valence-electron chi connectivity index (χ3n) is 4.28. The zero-order chi connectivity index (χ0) is 22.3. The molecule has 9 nitrogen and oxygen atoms in total. The van der Waals surface area contributed by atoms with Gasteiger partial charge in [-0.15, -0.1) is 0 Å². The van der Waals surface area contributed by atoms with Gasteiger partial charge in [-0.1, -0.05) is 23.9 Å². The lowest BCUT2D eigenvalue weighted by Gasteiger charge is -2.20. The molecule has 31 heavy (non-hydrogen) atoms. The van der Waals surface area contributed by atoms with Crippen LogP contribution in [0.25, 0.3) is 0 Å². The lowest BCUT2D eigenvalue weighted by atomic mass is 10.2. The molecule has 0 spiro atoms. The normalized spacial score (nSPS) is 15.5. The summed E-state index contributed by atoms with van der Waals surface area (Å²) < 4.78 is 61.9. The maximum atomic E-state index is 13.9. The second-order valence-electron chi connectivity index (χ2n) is 6.56. The third kappa shape index (κ3) is 6.71. The number of halogens is 2. The fraction of sp³-hybridized carbons (Fsp3) is 0.444. The maximum absolute atomic E-state index is 13.9. The van der Waals surface area contributed by atoms with Crippen LogP contribution in [-0.2, 0) is 16.0 Å². The SMILES string of the molecule is O=S(=O)(Nc1cc(OCCO)nc(SCc2cccc(F)c2F)n1)N1CCCNCC1. The van der Waals surface area contributed by atoms with Gasteiger partial charge in [0.1, 0.15) is 12.4 Å². The molecule has 3 N–H and O–H groups in total. The number of aliphatic hydroxyl groups is 1. The van der Waals surface area contributed by atoms with Gasteiger partial charge in [-0.3, -0.25) is 4.72 Å². The summed E-state index contributed by atoms with van der Waals surface area (Å²) in [5, 5.41) is 12.2. The van der Waals surface area contributed by atoms with E-state index in [4.69, 9.17) is 9.84 Å². The van der Waals surface area contributed by atoms with Crippen molar-refractivity contribution < 1.29 is 27.0 Å². The molecule has 1 aromatic heterocycles. The van der Waals surface area contributed by atoms with Crippen molar-refractivity contribution in [2.75, 3.05) is 44.1 Å². The molecule has 1 aromatic carbocycles. The molecule has 2 aromatic rings. The number of ether oxygens (including phenoxy) is 1. The number of hydrogen-bond acceptors (Lipinski definition) is 8. The average Bonchev–Trinajstić information content (AvgIpc) is 3.03. The standard InChI is InChI=1S/C18H23F2N5O4S2/c19-14-4-1-3-13(17(14)20)12-30-18-22-15(11-16(23-18)29-10-9-26)24-31(27,28)25-7-2-5-21-6-8-25/h1,3-4,11,21,26H,2,5-10,12H2,(H,22,23,24). The Labute approximate surface area is 183 Å². The second-order valence-corrected chi connectivity index (χ2v) is 9.17. The number of nitrogens with one attached hydrogen (secondary N) is 2. The van der Waals surface area contributed by atoms with Crippen LogP contribution >= 0.6 is 11.8 Å². The lowest BCUT2D eigenvalue weighted by molar-refractivity contribution is 0.195. The predicted octanol–water partition coefficient (Wildman–Crippen LogP) is 1.37. The highest BCUT2D eigenvalue weighted by atomic mass is 32.2. The Morgan fingerprint density at radius 1 is 1.26 bits per heavy atom. The lowest BCUT2D eigenvalue weighted by Crippen LogP contribution is -2.38. The van der Waals surface area contributed by atoms with Gasteiger partial charge >= 0.3 is 10.2 Å². The molecule has 0 unspecified atom stereocenters. The Hall–Kier alpha value is -2.06. The minimum absolute atomic E-state index is 0.0248. The Morgan fingerprint density at radius 3 is 2.90 bits per heavy atom. The van der Waals surface area contributed by atoms with E-state index in [2.05, 4.69) is 20.0 Å². The summed E-state index contributed by atoms with van der Waals surface area (Å²) in [4.78, 5) is 8.31. The summed E-state index contributed by atoms with van der Waals surface area (Å²) in [6.07, 6.45) is 0.676. The predicted molar refractivity (Wildman–Crippen MR) is 112 cm³/mol. The molecule has 1 fully saturated rings. The summed E-state index contributed by atoms with van der Waals surface area (Å²) in [6.45, 7) is 1.63. The van der Waals surface area contributed by atoms with Gasteiger partial charge in [0, 0.05) is 37.0 Å². The van der Waals surface area contributed by atoms with Crippen LogP contribution in [0.15, 0.2) is 29.4 Å². The average molecular weight is 476 g/mol. The summed E-state index contributed by atoms with van der Waals surface area (Å²) in [7, 11) is -3.86. The van der Waals surface area contributed by atoms with Crippen molar-refractivity contribution in [1.82, 2.24) is 19.6 Å². The molecule has 0 radical (unpaired) electrons. The van der Waals surface area contributed by atoms with Crippen LogP contribution in [0.3, 0.4) is 0 Å². The minimum Gasteiger partial charge on any atom is -0.475 e. The van der Waals surface area contributed by atoms with Crippen LogP contribution < -0.4 is 14.8 Å². The van der Waals surface area contributed by atoms with E-state index in [1.165, 1.54) is 22.5 Å². The first kappa shape index (κ1) is 23.6. The zero-order valence-electron chi connectivity index (χ0n) is 16.6. The number of aromatic nitrogens is 2. The van der Waals surface area contributed by atoms with Crippen molar-refractivity contribution in [2.24, 2.45) is 0 Å². The smallest absolute Gasteiger partial charge is 0.302 e. The van der Waals surface area contributed by atoms with Gasteiger partial charge in [0.2, 0.25) is 5.88 Å². The van der Waals surface area contributed by atoms with Gasteiger partial charge < -0.3 is 15.2 Å². The fourth-order valence-corrected chi connectivity index (χ4v) is 4.83. The summed E-state index contributed by atoms with van der Waals surface area (Å²) in [5.41, 5.74) is 0.120. The van der Waals surface area contributed by atoms with E-state index in [1.807, 2.05) is 0 Å². The van der Waals surface area contributed by atoms with Crippen molar-refractivity contribution in [3.05, 3.63) is 41.5 Å². The molecule has 13 heteroatoms. The number of hydrogen-bond donors (Lipinski definition) is 3. The third-order valence-corrected chi connectivity index (χ3v) is 6.69. The highest BCUT2D eigenvalue weighted by molar-refractivity contribution is 7.98. The molecule has 1 aliphatic rings. The molecule has 0 aliphatic carbocycles. The van der Waals surface area contributed by atoms with E-state index >= 15 is 0 Å². The maximum Gasteiger partial charge on any atom is 0.302 e. The molecular weight excluding hydrogens is 452 g/mol. The number of nitrogens with zero attached hydrogens (tertiary/aromatic N) is 3. The van der Waals surface area contributed by atoms with Crippen LogP contribution in [0.4, 0.5) is 14.6 Å². The number of anilines is 1. The van der Waals surface area contributed by atoms with Gasteiger partial charge in [0.25, 0.3) is 0 Å². The van der Waals surface area contributed by atoms with Gasteiger partial charge in [0.05, 0.1) is 6.61 Å². The zero-order valence-corrected chi connectivity index (χ0v) is 18.2. The molecule has 0 bridgehead atoms. The van der Waals surface area contributed by atoms with Crippen molar-refractivity contribution >= 4 is 27.8 Å². The van der Waals surface area contributed by atoms with Crippen molar-refractivity contribution in [2.45, 2.75) is 17.3 Å². The van der Waals surface area contributed by atoms with E-state index < -0.39 is 21.8 Å². The molecule has 1 saturated heterocycles. The summed E-state index contributed by atoms with van der Waals surface area (Å²) in [5.74, 6) is -1.88. The monoisotopic (exact) mass is 475 g/mol. The van der Waals surface area contributed by atoms with Crippen LogP contribution in [-0.4, -0.2) is 67.2 Å². The highest BCUT2D eigenvalue weighted by Gasteiger charge is 2.24. The molecule has 0 saturated carbocycles. The van der Waals surface area contributed by atoms with E-state index in [0.717, 1.165) is 24.4 Å². The molecule has 2 heterocycles. The van der Waals surface area contributed by atoms with E-state index in [0.29, 0.717) is 26.1 Å². The van der Waals surface area contributed by atoms with Gasteiger partial charge in [-0.25, -0.2) is 13.8 Å². The molecule has 0 atom stereocenters. The molecule has 0 amide bonds. The Bertz CT molecular complexity index is 989. The first-order valence-corrected chi connectivity index (χ1v) is 12.0. The van der Waals surface area contributed by atoms with Crippen LogP contribution in [0, 0.1) is 11.6 Å². The Kier molecular flexibility index (Phi) is 8.37. The first-order chi connectivity index (χ1) is 14.9. The van der Waals surface area contributed by atoms with Gasteiger partial charge in [-0.2, -0.15) is 17.7 Å². The number of rotatable bonds is 9. The second kappa shape index (κ2) is 11.0. The van der Waals surface area contributed by atoms with Gasteiger partial charge in [-0.05, 0) is 19.0 Å². The molecule has 3 rings (SSSR count). The van der Waals surface area contributed by atoms with Crippen LogP contribution in [0.5, 0.6) is 5.88 Å². The van der Waals surface area contributed by atoms with Crippen molar-refractivity contribution in [3.63, 3.8) is 0 Å². The molecule has 170 valence electrons. The molecule has 1 aliphatic heterocycles. The number of benzene rings is 1. The van der Waals surface area contributed by atoms with E-state index in [-0.39, 0.29) is 41.4 Å². The number of aliphatic hydroxyl groups excluding tert-OH is 1. The first-order valence-electron chi connectivity index (χ1n) is 9.56. The topological polar surface area (TPSA) is 117 Å². The summed E-state index contributed by atoms with van der Waals surface area (Å²) in [6, 6.07) is 5.16. The minimum atomic E-state index is -3.86. The highest BCUT2D eigenvalue weighted by Crippen LogP contribution is 2.26. The van der Waals surface area contributed by atoms with E-state index in [1.54, 1.807) is 0 Å². The van der Waals surface area contributed by atoms with Crippen LogP contribution in [0.1, 0.15) is 12.0 Å². The summed E-state index contributed by atoms with van der Waals surface area (Å²) >= 11 is 0.993. The Balaban J connectivity index is 1.79. The Morgan fingerprint density at radius 2 is 2.10 bits per heavy atom. The largest absolute Gasteiger partial charge is 0.475 e. The van der Waals surface area contributed by atoms with Crippen LogP contribution in [0.2, 0.25) is 0 Å². The van der Waals surface area contributed by atoms with Crippen molar-refractivity contribution in [3.8, 4) is 5.88 Å². The quantitative estimate of drug-likeness (QED) is 0.368.